The van der Waals surface area contributed by atoms with E-state index in [9.17, 15) is 9.59 Å². The normalized spacial score (nSPS) is 17.6. The van der Waals surface area contributed by atoms with Crippen LogP contribution in [0.1, 0.15) is 24.6 Å². The molecule has 0 spiro atoms. The van der Waals surface area contributed by atoms with E-state index in [4.69, 9.17) is 0 Å². The quantitative estimate of drug-likeness (QED) is 0.849. The molecule has 0 atom stereocenters. The molecule has 3 rings (SSSR count). The molecule has 1 aromatic heterocycles. The maximum Gasteiger partial charge on any atom is 0.322 e. The first-order chi connectivity index (χ1) is 13.0. The first-order valence-electron chi connectivity index (χ1n) is 9.66. The fourth-order valence-electron chi connectivity index (χ4n) is 3.62. The lowest BCUT2D eigenvalue weighted by molar-refractivity contribution is -0.132. The van der Waals surface area contributed by atoms with E-state index in [1.807, 2.05) is 24.8 Å². The molecule has 148 valence electrons. The lowest BCUT2D eigenvalue weighted by atomic mass is 10.2. The average molecular weight is 392 g/mol. The second kappa shape index (κ2) is 8.93. The first-order valence-corrected chi connectivity index (χ1v) is 10.6. The van der Waals surface area contributed by atoms with Gasteiger partial charge in [0.2, 0.25) is 5.91 Å². The molecular formula is C19H29N5O2S. The minimum Gasteiger partial charge on any atom is -0.340 e. The summed E-state index contributed by atoms with van der Waals surface area (Å²) in [6, 6.07) is 1.86. The second-order valence-electron chi connectivity index (χ2n) is 7.03. The number of aromatic nitrogens is 1. The highest BCUT2D eigenvalue weighted by Gasteiger charge is 2.26. The Bertz CT molecular complexity index is 704. The molecule has 0 unspecified atom stereocenters. The van der Waals surface area contributed by atoms with Gasteiger partial charge in [-0.3, -0.25) is 9.69 Å². The van der Waals surface area contributed by atoms with Crippen LogP contribution in [0.3, 0.4) is 0 Å². The Morgan fingerprint density at radius 3 is 2.63 bits per heavy atom. The smallest absolute Gasteiger partial charge is 0.322 e. The van der Waals surface area contributed by atoms with Gasteiger partial charge in [0.15, 0.2) is 0 Å². The molecule has 2 aliphatic rings. The van der Waals surface area contributed by atoms with Crippen LogP contribution >= 0.6 is 11.8 Å². The Hall–Kier alpha value is -1.80. The predicted molar refractivity (Wildman–Crippen MR) is 108 cm³/mol. The van der Waals surface area contributed by atoms with Gasteiger partial charge in [-0.25, -0.2) is 9.78 Å². The van der Waals surface area contributed by atoms with E-state index in [1.165, 1.54) is 0 Å². The molecule has 1 aromatic rings. The number of urea groups is 1. The van der Waals surface area contributed by atoms with Gasteiger partial charge in [-0.2, -0.15) is 0 Å². The minimum atomic E-state index is -0.145. The maximum absolute atomic E-state index is 12.7. The van der Waals surface area contributed by atoms with Crippen molar-refractivity contribution >= 4 is 29.4 Å². The molecule has 3 heterocycles. The zero-order chi connectivity index (χ0) is 19.4. The van der Waals surface area contributed by atoms with Crippen molar-refractivity contribution in [2.45, 2.75) is 32.2 Å². The van der Waals surface area contributed by atoms with Crippen LogP contribution in [0.25, 0.3) is 0 Å². The lowest BCUT2D eigenvalue weighted by Crippen LogP contribution is -2.49. The van der Waals surface area contributed by atoms with Crippen LogP contribution in [0, 0.1) is 13.8 Å². The summed E-state index contributed by atoms with van der Waals surface area (Å²) in [7, 11) is 0. The predicted octanol–water partition coefficient (Wildman–Crippen LogP) is 1.87. The van der Waals surface area contributed by atoms with Crippen molar-refractivity contribution in [1.29, 1.82) is 0 Å². The third-order valence-corrected chi connectivity index (χ3v) is 6.08. The van der Waals surface area contributed by atoms with Crippen LogP contribution in [0.2, 0.25) is 0 Å². The summed E-state index contributed by atoms with van der Waals surface area (Å²) in [5.74, 6) is 0.950. The summed E-state index contributed by atoms with van der Waals surface area (Å²) in [4.78, 5) is 35.6. The molecule has 1 N–H and O–H groups in total. The van der Waals surface area contributed by atoms with E-state index in [1.54, 1.807) is 16.7 Å². The zero-order valence-corrected chi connectivity index (χ0v) is 17.3. The van der Waals surface area contributed by atoms with Crippen molar-refractivity contribution in [3.63, 3.8) is 0 Å². The lowest BCUT2D eigenvalue weighted by Gasteiger charge is -2.34. The molecule has 1 saturated heterocycles. The Labute approximate surface area is 165 Å². The van der Waals surface area contributed by atoms with Crippen LogP contribution in [-0.4, -0.2) is 78.3 Å². The molecule has 0 aromatic carbocycles. The van der Waals surface area contributed by atoms with Crippen molar-refractivity contribution in [3.8, 4) is 0 Å². The number of thioether (sulfide) groups is 1. The van der Waals surface area contributed by atoms with Crippen LogP contribution in [0.5, 0.6) is 0 Å². The Morgan fingerprint density at radius 1 is 1.19 bits per heavy atom. The fourth-order valence-corrected chi connectivity index (χ4v) is 4.70. The van der Waals surface area contributed by atoms with Crippen molar-refractivity contribution in [3.05, 3.63) is 17.3 Å². The largest absolute Gasteiger partial charge is 0.340 e. The molecule has 0 saturated carbocycles. The Morgan fingerprint density at radius 2 is 1.93 bits per heavy atom. The number of carbonyl (C=O) groups is 2. The number of amides is 3. The van der Waals surface area contributed by atoms with Crippen LogP contribution in [0.4, 0.5) is 10.5 Å². The van der Waals surface area contributed by atoms with Crippen LogP contribution < -0.4 is 10.2 Å². The number of hydrogen-bond acceptors (Lipinski definition) is 5. The monoisotopic (exact) mass is 391 g/mol. The molecule has 8 heteroatoms. The van der Waals surface area contributed by atoms with E-state index < -0.39 is 0 Å². The highest BCUT2D eigenvalue weighted by Crippen LogP contribution is 2.36. The van der Waals surface area contributed by atoms with Crippen molar-refractivity contribution in [2.75, 3.05) is 56.5 Å². The highest BCUT2D eigenvalue weighted by atomic mass is 32.2. The van der Waals surface area contributed by atoms with Gasteiger partial charge in [0.25, 0.3) is 0 Å². The van der Waals surface area contributed by atoms with E-state index in [2.05, 4.69) is 22.1 Å². The van der Waals surface area contributed by atoms with Gasteiger partial charge in [-0.15, -0.1) is 11.8 Å². The number of anilines is 1. The minimum absolute atomic E-state index is 0.120. The van der Waals surface area contributed by atoms with Crippen LogP contribution in [-0.2, 0) is 4.79 Å². The maximum atomic E-state index is 12.7. The Kier molecular flexibility index (Phi) is 6.59. The van der Waals surface area contributed by atoms with Gasteiger partial charge in [0.05, 0.1) is 5.69 Å². The van der Waals surface area contributed by atoms with Gasteiger partial charge in [-0.05, 0) is 32.0 Å². The summed E-state index contributed by atoms with van der Waals surface area (Å²) in [6.07, 6.45) is 0.346. The number of pyridine rings is 1. The first kappa shape index (κ1) is 19.9. The molecule has 7 nitrogen and oxygen atoms in total. The molecule has 1 fully saturated rings. The molecule has 0 radical (unpaired) electrons. The number of rotatable bonds is 4. The number of aryl methyl sites for hydroxylation is 2. The average Bonchev–Trinajstić information content (AvgIpc) is 2.67. The SMILES string of the molecule is CCN1CCN(C(=O)CCNC(=O)N2CCSc3nc(C)cc(C)c32)CC1. The number of likely N-dealkylation sites (N-methyl/N-ethyl adjacent to an activating group) is 1. The molecule has 27 heavy (non-hydrogen) atoms. The Balaban J connectivity index is 1.52. The van der Waals surface area contributed by atoms with Crippen molar-refractivity contribution < 1.29 is 9.59 Å². The van der Waals surface area contributed by atoms with Crippen molar-refractivity contribution in [1.82, 2.24) is 20.1 Å². The third-order valence-electron chi connectivity index (χ3n) is 5.14. The van der Waals surface area contributed by atoms with Gasteiger partial charge >= 0.3 is 6.03 Å². The summed E-state index contributed by atoms with van der Waals surface area (Å²) in [6.45, 7) is 11.6. The van der Waals surface area contributed by atoms with Gasteiger partial charge < -0.3 is 15.1 Å². The van der Waals surface area contributed by atoms with Gasteiger partial charge in [0, 0.05) is 57.1 Å². The second-order valence-corrected chi connectivity index (χ2v) is 8.11. The van der Waals surface area contributed by atoms with E-state index >= 15 is 0 Å². The topological polar surface area (TPSA) is 68.8 Å². The van der Waals surface area contributed by atoms with Crippen LogP contribution in [0.15, 0.2) is 11.1 Å². The number of piperazine rings is 1. The summed E-state index contributed by atoms with van der Waals surface area (Å²) in [5.41, 5.74) is 2.93. The number of carbonyl (C=O) groups excluding carboxylic acids is 2. The van der Waals surface area contributed by atoms with Crippen molar-refractivity contribution in [2.24, 2.45) is 0 Å². The van der Waals surface area contributed by atoms with E-state index in [0.29, 0.717) is 19.5 Å². The van der Waals surface area contributed by atoms with E-state index in [-0.39, 0.29) is 11.9 Å². The number of nitrogens with zero attached hydrogens (tertiary/aromatic N) is 4. The number of hydrogen-bond donors (Lipinski definition) is 1. The molecule has 2 aliphatic heterocycles. The molecule has 3 amide bonds. The molecule has 0 bridgehead atoms. The van der Waals surface area contributed by atoms with Gasteiger partial charge in [-0.1, -0.05) is 6.92 Å². The molecular weight excluding hydrogens is 362 g/mol. The zero-order valence-electron chi connectivity index (χ0n) is 16.5. The molecule has 0 aliphatic carbocycles. The standard InChI is InChI=1S/C19H29N5O2S/c1-4-22-7-9-23(10-8-22)16(25)5-6-20-19(26)24-11-12-27-18-17(24)14(2)13-15(3)21-18/h13H,4-12H2,1-3H3,(H,20,26). The van der Waals surface area contributed by atoms with E-state index in [0.717, 1.165) is 60.4 Å². The summed E-state index contributed by atoms with van der Waals surface area (Å²) in [5, 5.41) is 3.83. The highest BCUT2D eigenvalue weighted by molar-refractivity contribution is 7.99. The van der Waals surface area contributed by atoms with Gasteiger partial charge in [0.1, 0.15) is 5.03 Å². The summed E-state index contributed by atoms with van der Waals surface area (Å²) >= 11 is 1.69. The third kappa shape index (κ3) is 4.73. The number of fused-ring (bicyclic) bond motifs is 1. The number of nitrogens with one attached hydrogen (secondary N) is 1. The fraction of sp³-hybridized carbons (Fsp3) is 0.632. The summed E-state index contributed by atoms with van der Waals surface area (Å²) < 4.78 is 0.